The number of amides is 1. The molecular weight excluding hydrogens is 248 g/mol. The zero-order valence-corrected chi connectivity index (χ0v) is 10.9. The van der Waals surface area contributed by atoms with Crippen LogP contribution in [0, 0.1) is 10.1 Å². The van der Waals surface area contributed by atoms with Crippen molar-refractivity contribution < 1.29 is 9.72 Å². The Bertz CT molecular complexity index is 465. The van der Waals surface area contributed by atoms with Crippen LogP contribution in [0.4, 0.5) is 5.82 Å². The predicted molar refractivity (Wildman–Crippen MR) is 70.0 cm³/mol. The maximum absolute atomic E-state index is 12.4. The second-order valence-corrected chi connectivity index (χ2v) is 4.66. The van der Waals surface area contributed by atoms with Gasteiger partial charge in [-0.05, 0) is 30.4 Å². The topological polar surface area (TPSA) is 91.3 Å². The van der Waals surface area contributed by atoms with Gasteiger partial charge in [0.25, 0.3) is 5.91 Å². The number of H-pyrrole nitrogens is 1. The van der Waals surface area contributed by atoms with Crippen molar-refractivity contribution in [2.45, 2.75) is 25.8 Å². The van der Waals surface area contributed by atoms with Crippen molar-refractivity contribution in [2.24, 2.45) is 0 Å². The van der Waals surface area contributed by atoms with E-state index >= 15 is 0 Å². The van der Waals surface area contributed by atoms with Gasteiger partial charge in [0, 0.05) is 25.2 Å². The van der Waals surface area contributed by atoms with E-state index in [1.54, 1.807) is 4.90 Å². The van der Waals surface area contributed by atoms with E-state index in [4.69, 9.17) is 0 Å². The highest BCUT2D eigenvalue weighted by molar-refractivity contribution is 5.93. The molecule has 1 aliphatic heterocycles. The van der Waals surface area contributed by atoms with Crippen molar-refractivity contribution in [1.82, 2.24) is 15.2 Å². The lowest BCUT2D eigenvalue weighted by Crippen LogP contribution is -2.42. The minimum Gasteiger partial charge on any atom is -0.358 e. The van der Waals surface area contributed by atoms with E-state index in [0.29, 0.717) is 6.54 Å². The van der Waals surface area contributed by atoms with Crippen LogP contribution in [0.3, 0.4) is 0 Å². The van der Waals surface area contributed by atoms with Gasteiger partial charge in [0.15, 0.2) is 5.69 Å². The second-order valence-electron chi connectivity index (χ2n) is 4.66. The quantitative estimate of drug-likeness (QED) is 0.617. The summed E-state index contributed by atoms with van der Waals surface area (Å²) in [5.41, 5.74) is 0.284. The molecule has 19 heavy (non-hydrogen) atoms. The fourth-order valence-corrected chi connectivity index (χ4v) is 2.37. The van der Waals surface area contributed by atoms with Gasteiger partial charge < -0.3 is 20.3 Å². The van der Waals surface area contributed by atoms with E-state index in [-0.39, 0.29) is 23.5 Å². The SMILES string of the molecule is CCCN(C(=O)c1ccc([N+](=O)[O-])[nH]1)C1CCNC1. The number of hydrogen-bond donors (Lipinski definition) is 2. The Kier molecular flexibility index (Phi) is 4.16. The number of aromatic nitrogens is 1. The molecule has 7 heteroatoms. The smallest absolute Gasteiger partial charge is 0.321 e. The molecule has 1 saturated heterocycles. The highest BCUT2D eigenvalue weighted by Crippen LogP contribution is 2.16. The largest absolute Gasteiger partial charge is 0.358 e. The molecule has 0 aliphatic carbocycles. The zero-order valence-electron chi connectivity index (χ0n) is 10.9. The molecule has 0 bridgehead atoms. The maximum Gasteiger partial charge on any atom is 0.321 e. The number of aromatic amines is 1. The average Bonchev–Trinajstić information content (AvgIpc) is 3.05. The molecule has 0 aromatic carbocycles. The minimum atomic E-state index is -0.530. The van der Waals surface area contributed by atoms with Gasteiger partial charge in [-0.25, -0.2) is 4.98 Å². The Balaban J connectivity index is 2.15. The Labute approximate surface area is 111 Å². The molecule has 0 saturated carbocycles. The Hall–Kier alpha value is -1.89. The lowest BCUT2D eigenvalue weighted by atomic mass is 10.2. The van der Waals surface area contributed by atoms with Crippen molar-refractivity contribution in [3.05, 3.63) is 27.9 Å². The molecule has 7 nitrogen and oxygen atoms in total. The van der Waals surface area contributed by atoms with Crippen LogP contribution in [0.25, 0.3) is 0 Å². The Morgan fingerprint density at radius 1 is 1.58 bits per heavy atom. The lowest BCUT2D eigenvalue weighted by Gasteiger charge is -2.27. The predicted octanol–water partition coefficient (Wildman–Crippen LogP) is 1.14. The molecule has 1 aromatic rings. The molecule has 1 unspecified atom stereocenters. The molecular formula is C12H18N4O3. The minimum absolute atomic E-state index is 0.149. The first-order chi connectivity index (χ1) is 9.13. The zero-order chi connectivity index (χ0) is 13.8. The number of hydrogen-bond acceptors (Lipinski definition) is 4. The Morgan fingerprint density at radius 2 is 2.37 bits per heavy atom. The third-order valence-electron chi connectivity index (χ3n) is 3.30. The maximum atomic E-state index is 12.4. The first kappa shape index (κ1) is 13.5. The van der Waals surface area contributed by atoms with Crippen molar-refractivity contribution in [3.8, 4) is 0 Å². The molecule has 2 rings (SSSR count). The van der Waals surface area contributed by atoms with Crippen LogP contribution in [0.5, 0.6) is 0 Å². The monoisotopic (exact) mass is 266 g/mol. The van der Waals surface area contributed by atoms with Crippen LogP contribution in [-0.4, -0.2) is 46.4 Å². The summed E-state index contributed by atoms with van der Waals surface area (Å²) in [5.74, 6) is -0.312. The van der Waals surface area contributed by atoms with Gasteiger partial charge in [-0.15, -0.1) is 0 Å². The third-order valence-corrected chi connectivity index (χ3v) is 3.30. The van der Waals surface area contributed by atoms with Gasteiger partial charge in [0.2, 0.25) is 0 Å². The molecule has 2 N–H and O–H groups in total. The van der Waals surface area contributed by atoms with E-state index in [0.717, 1.165) is 25.9 Å². The van der Waals surface area contributed by atoms with E-state index in [2.05, 4.69) is 10.3 Å². The Morgan fingerprint density at radius 3 is 2.89 bits per heavy atom. The summed E-state index contributed by atoms with van der Waals surface area (Å²) < 4.78 is 0. The number of carbonyl (C=O) groups is 1. The van der Waals surface area contributed by atoms with Crippen molar-refractivity contribution in [3.63, 3.8) is 0 Å². The van der Waals surface area contributed by atoms with Crippen LogP contribution in [0.2, 0.25) is 0 Å². The van der Waals surface area contributed by atoms with Gasteiger partial charge in [-0.2, -0.15) is 0 Å². The summed E-state index contributed by atoms with van der Waals surface area (Å²) in [6, 6.07) is 2.98. The summed E-state index contributed by atoms with van der Waals surface area (Å²) in [7, 11) is 0. The van der Waals surface area contributed by atoms with E-state index in [1.807, 2.05) is 6.92 Å². The number of nitro groups is 1. The fraction of sp³-hybridized carbons (Fsp3) is 0.583. The molecule has 0 radical (unpaired) electrons. The number of rotatable bonds is 5. The first-order valence-corrected chi connectivity index (χ1v) is 6.48. The summed E-state index contributed by atoms with van der Waals surface area (Å²) in [6.07, 6.45) is 1.79. The summed E-state index contributed by atoms with van der Waals surface area (Å²) in [6.45, 7) is 4.37. The first-order valence-electron chi connectivity index (χ1n) is 6.48. The van der Waals surface area contributed by atoms with Crippen LogP contribution in [-0.2, 0) is 0 Å². The number of carbonyl (C=O) groups excluding carboxylic acids is 1. The van der Waals surface area contributed by atoms with Gasteiger partial charge in [-0.3, -0.25) is 4.79 Å². The van der Waals surface area contributed by atoms with Crippen molar-refractivity contribution in [2.75, 3.05) is 19.6 Å². The number of nitrogens with zero attached hydrogens (tertiary/aromatic N) is 2. The average molecular weight is 266 g/mol. The highest BCUT2D eigenvalue weighted by Gasteiger charge is 2.29. The van der Waals surface area contributed by atoms with Crippen LogP contribution < -0.4 is 5.32 Å². The van der Waals surface area contributed by atoms with E-state index < -0.39 is 4.92 Å². The van der Waals surface area contributed by atoms with E-state index in [9.17, 15) is 14.9 Å². The summed E-state index contributed by atoms with van der Waals surface area (Å²) in [5, 5.41) is 13.9. The second kappa shape index (κ2) is 5.83. The fourth-order valence-electron chi connectivity index (χ4n) is 2.37. The highest BCUT2D eigenvalue weighted by atomic mass is 16.6. The summed E-state index contributed by atoms with van der Waals surface area (Å²) in [4.78, 5) is 26.9. The van der Waals surface area contributed by atoms with Gasteiger partial charge in [-0.1, -0.05) is 6.92 Å². The third kappa shape index (κ3) is 2.93. The van der Waals surface area contributed by atoms with Crippen LogP contribution in [0.1, 0.15) is 30.3 Å². The molecule has 1 aliphatic rings. The number of nitrogens with one attached hydrogen (secondary N) is 2. The molecule has 2 heterocycles. The van der Waals surface area contributed by atoms with Gasteiger partial charge in [0.1, 0.15) is 0 Å². The molecule has 1 aromatic heterocycles. The molecule has 1 amide bonds. The summed E-state index contributed by atoms with van der Waals surface area (Å²) >= 11 is 0. The van der Waals surface area contributed by atoms with Crippen LogP contribution in [0.15, 0.2) is 12.1 Å². The lowest BCUT2D eigenvalue weighted by molar-refractivity contribution is -0.389. The van der Waals surface area contributed by atoms with Gasteiger partial charge >= 0.3 is 5.82 Å². The van der Waals surface area contributed by atoms with E-state index in [1.165, 1.54) is 12.1 Å². The van der Waals surface area contributed by atoms with Crippen molar-refractivity contribution in [1.29, 1.82) is 0 Å². The standard InChI is InChI=1S/C12H18N4O3/c1-2-7-15(9-5-6-13-8-9)12(17)10-3-4-11(14-10)16(18)19/h3-4,9,13-14H,2,5-8H2,1H3. The van der Waals surface area contributed by atoms with Crippen LogP contribution >= 0.6 is 0 Å². The van der Waals surface area contributed by atoms with Gasteiger partial charge in [0.05, 0.1) is 0 Å². The molecule has 104 valence electrons. The molecule has 0 spiro atoms. The van der Waals surface area contributed by atoms with Crippen molar-refractivity contribution >= 4 is 11.7 Å². The normalized spacial score (nSPS) is 18.5. The molecule has 1 fully saturated rings. The molecule has 1 atom stereocenters.